The molecule has 0 fully saturated rings. The van der Waals surface area contributed by atoms with Gasteiger partial charge in [-0.2, -0.15) is 0 Å². The lowest BCUT2D eigenvalue weighted by molar-refractivity contribution is 0.0784. The Bertz CT molecular complexity index is 624. The Hall–Kier alpha value is -2.50. The van der Waals surface area contributed by atoms with Crippen LogP contribution in [0.3, 0.4) is 0 Å². The molecule has 0 aliphatic carbocycles. The lowest BCUT2D eigenvalue weighted by atomic mass is 10.2. The maximum Gasteiger partial charge on any atom is 0.269 e. The third kappa shape index (κ3) is 2.45. The summed E-state index contributed by atoms with van der Waals surface area (Å²) in [5, 5.41) is 2.82. The minimum absolute atomic E-state index is 0.174. The van der Waals surface area contributed by atoms with Gasteiger partial charge in [-0.1, -0.05) is 12.1 Å². The van der Waals surface area contributed by atoms with Crippen molar-refractivity contribution in [1.82, 2.24) is 14.9 Å². The molecule has 1 aromatic carbocycles. The number of rotatable bonds is 3. The fourth-order valence-corrected chi connectivity index (χ4v) is 2.04. The molecule has 0 spiro atoms. The molecular weight excluding hydrogens is 258 g/mol. The molecule has 2 aromatic rings. The molecule has 1 atom stereocenters. The number of hydrogen-bond donors (Lipinski definition) is 1. The highest BCUT2D eigenvalue weighted by Crippen LogP contribution is 2.30. The Kier molecular flexibility index (Phi) is 3.28. The van der Waals surface area contributed by atoms with Gasteiger partial charge in [0.1, 0.15) is 18.4 Å². The third-order valence-corrected chi connectivity index (χ3v) is 3.11. The molecule has 3 rings (SSSR count). The van der Waals surface area contributed by atoms with Gasteiger partial charge in [0.05, 0.1) is 19.1 Å². The molecule has 6 heteroatoms. The van der Waals surface area contributed by atoms with Gasteiger partial charge >= 0.3 is 0 Å². The minimum Gasteiger partial charge on any atom is -0.486 e. The molecule has 1 aromatic heterocycles. The van der Waals surface area contributed by atoms with Crippen LogP contribution in [0.4, 0.5) is 0 Å². The first-order valence-corrected chi connectivity index (χ1v) is 6.37. The second-order valence-corrected chi connectivity index (χ2v) is 4.60. The standard InChI is InChI=1S/C14H15N3O3/c1-17-9-15-7-11(17)14(18)16-6-10-8-19-12-4-2-3-5-13(12)20-10/h2-5,7,9-10H,6,8H2,1H3,(H,16,18)/t10-/m1/s1. The van der Waals surface area contributed by atoms with Gasteiger partial charge in [0, 0.05) is 7.05 Å². The van der Waals surface area contributed by atoms with E-state index in [0.717, 1.165) is 5.75 Å². The molecule has 1 amide bonds. The Labute approximate surface area is 116 Å². The molecule has 1 aliphatic heterocycles. The smallest absolute Gasteiger partial charge is 0.269 e. The lowest BCUT2D eigenvalue weighted by Crippen LogP contribution is -2.41. The van der Waals surface area contributed by atoms with Crippen LogP contribution < -0.4 is 14.8 Å². The quantitative estimate of drug-likeness (QED) is 0.905. The van der Waals surface area contributed by atoms with E-state index >= 15 is 0 Å². The van der Waals surface area contributed by atoms with Crippen LogP contribution in [0.25, 0.3) is 0 Å². The maximum absolute atomic E-state index is 11.9. The summed E-state index contributed by atoms with van der Waals surface area (Å²) in [6, 6.07) is 7.50. The number of benzene rings is 1. The summed E-state index contributed by atoms with van der Waals surface area (Å²) < 4.78 is 13.0. The van der Waals surface area contributed by atoms with Crippen molar-refractivity contribution in [3.05, 3.63) is 42.5 Å². The number of fused-ring (bicyclic) bond motifs is 1. The molecule has 0 saturated carbocycles. The molecule has 0 bridgehead atoms. The first-order chi connectivity index (χ1) is 9.74. The lowest BCUT2D eigenvalue weighted by Gasteiger charge is -2.26. The summed E-state index contributed by atoms with van der Waals surface area (Å²) in [6.45, 7) is 0.807. The zero-order chi connectivity index (χ0) is 13.9. The van der Waals surface area contributed by atoms with Gasteiger partial charge in [-0.3, -0.25) is 4.79 Å². The Morgan fingerprint density at radius 2 is 2.25 bits per heavy atom. The Morgan fingerprint density at radius 3 is 3.00 bits per heavy atom. The first kappa shape index (κ1) is 12.5. The Balaban J connectivity index is 1.58. The second-order valence-electron chi connectivity index (χ2n) is 4.60. The topological polar surface area (TPSA) is 65.4 Å². The number of nitrogens with zero attached hydrogens (tertiary/aromatic N) is 2. The SMILES string of the molecule is Cn1cncc1C(=O)NC[C@@H]1COc2ccccc2O1. The summed E-state index contributed by atoms with van der Waals surface area (Å²) in [5.41, 5.74) is 0.516. The van der Waals surface area contributed by atoms with Gasteiger partial charge in [0.2, 0.25) is 0 Å². The van der Waals surface area contributed by atoms with Gasteiger partial charge < -0.3 is 19.4 Å². The van der Waals surface area contributed by atoms with Crippen LogP contribution in [-0.4, -0.2) is 34.7 Å². The van der Waals surface area contributed by atoms with Crippen molar-refractivity contribution in [2.75, 3.05) is 13.2 Å². The number of imidazole rings is 1. The van der Waals surface area contributed by atoms with E-state index in [1.807, 2.05) is 24.3 Å². The number of ether oxygens (including phenoxy) is 2. The molecule has 104 valence electrons. The monoisotopic (exact) mass is 273 g/mol. The van der Waals surface area contributed by atoms with Gasteiger partial charge in [0.15, 0.2) is 11.5 Å². The van der Waals surface area contributed by atoms with Crippen LogP contribution in [0.2, 0.25) is 0 Å². The number of hydrogen-bond acceptors (Lipinski definition) is 4. The van der Waals surface area contributed by atoms with Crippen molar-refractivity contribution in [1.29, 1.82) is 0 Å². The first-order valence-electron chi connectivity index (χ1n) is 6.37. The molecule has 1 N–H and O–H groups in total. The fourth-order valence-electron chi connectivity index (χ4n) is 2.04. The van der Waals surface area contributed by atoms with Crippen LogP contribution in [0.5, 0.6) is 11.5 Å². The summed E-state index contributed by atoms with van der Waals surface area (Å²) in [6.07, 6.45) is 2.93. The van der Waals surface area contributed by atoms with Crippen LogP contribution in [0.1, 0.15) is 10.5 Å². The van der Waals surface area contributed by atoms with E-state index in [1.54, 1.807) is 17.9 Å². The number of amides is 1. The van der Waals surface area contributed by atoms with Gasteiger partial charge in [-0.25, -0.2) is 4.98 Å². The summed E-state index contributed by atoms with van der Waals surface area (Å²) in [7, 11) is 1.78. The number of para-hydroxylation sites is 2. The molecule has 1 aliphatic rings. The fraction of sp³-hybridized carbons (Fsp3) is 0.286. The summed E-state index contributed by atoms with van der Waals surface area (Å²) in [4.78, 5) is 15.9. The number of aromatic nitrogens is 2. The molecule has 6 nitrogen and oxygen atoms in total. The average Bonchev–Trinajstić information content (AvgIpc) is 2.91. The molecule has 0 radical (unpaired) electrons. The third-order valence-electron chi connectivity index (χ3n) is 3.11. The molecule has 0 saturated heterocycles. The molecule has 0 unspecified atom stereocenters. The second kappa shape index (κ2) is 5.24. The van der Waals surface area contributed by atoms with E-state index in [-0.39, 0.29) is 12.0 Å². The van der Waals surface area contributed by atoms with Gasteiger partial charge in [-0.05, 0) is 12.1 Å². The van der Waals surface area contributed by atoms with Gasteiger partial charge in [0.25, 0.3) is 5.91 Å². The number of aryl methyl sites for hydroxylation is 1. The largest absolute Gasteiger partial charge is 0.486 e. The average molecular weight is 273 g/mol. The molecule has 20 heavy (non-hydrogen) atoms. The van der Waals surface area contributed by atoms with Gasteiger partial charge in [-0.15, -0.1) is 0 Å². The Morgan fingerprint density at radius 1 is 1.45 bits per heavy atom. The molecule has 2 heterocycles. The zero-order valence-electron chi connectivity index (χ0n) is 11.1. The van der Waals surface area contributed by atoms with Crippen molar-refractivity contribution in [3.63, 3.8) is 0 Å². The van der Waals surface area contributed by atoms with Crippen LogP contribution >= 0.6 is 0 Å². The van der Waals surface area contributed by atoms with Crippen LogP contribution in [-0.2, 0) is 7.05 Å². The van der Waals surface area contributed by atoms with Crippen molar-refractivity contribution < 1.29 is 14.3 Å². The van der Waals surface area contributed by atoms with Crippen LogP contribution in [0.15, 0.2) is 36.8 Å². The number of nitrogens with one attached hydrogen (secondary N) is 1. The summed E-state index contributed by atoms with van der Waals surface area (Å²) in [5.74, 6) is 1.27. The number of carbonyl (C=O) groups excluding carboxylic acids is 1. The maximum atomic E-state index is 11.9. The zero-order valence-corrected chi connectivity index (χ0v) is 11.1. The van der Waals surface area contributed by atoms with Crippen molar-refractivity contribution in [2.24, 2.45) is 7.05 Å². The van der Waals surface area contributed by atoms with E-state index < -0.39 is 0 Å². The van der Waals surface area contributed by atoms with Crippen LogP contribution in [0, 0.1) is 0 Å². The van der Waals surface area contributed by atoms with Crippen molar-refractivity contribution >= 4 is 5.91 Å². The predicted molar refractivity (Wildman–Crippen MR) is 71.9 cm³/mol. The van der Waals surface area contributed by atoms with E-state index in [2.05, 4.69) is 10.3 Å². The van der Waals surface area contributed by atoms with Crippen molar-refractivity contribution in [2.45, 2.75) is 6.10 Å². The van der Waals surface area contributed by atoms with E-state index in [4.69, 9.17) is 9.47 Å². The minimum atomic E-state index is -0.193. The predicted octanol–water partition coefficient (Wildman–Crippen LogP) is 0.990. The van der Waals surface area contributed by atoms with Crippen molar-refractivity contribution in [3.8, 4) is 11.5 Å². The highest BCUT2D eigenvalue weighted by molar-refractivity contribution is 5.92. The molecular formula is C14H15N3O3. The highest BCUT2D eigenvalue weighted by Gasteiger charge is 2.21. The van der Waals surface area contributed by atoms with E-state index in [9.17, 15) is 4.79 Å². The van der Waals surface area contributed by atoms with E-state index in [1.165, 1.54) is 6.20 Å². The summed E-state index contributed by atoms with van der Waals surface area (Å²) >= 11 is 0. The normalized spacial score (nSPS) is 16.8. The highest BCUT2D eigenvalue weighted by atomic mass is 16.6. The number of carbonyl (C=O) groups is 1. The van der Waals surface area contributed by atoms with E-state index in [0.29, 0.717) is 24.6 Å².